The number of imidazole rings is 1. The molecule has 1 fully saturated rings. The molecular formula is C16H22N4O2. The number of β-amino-alcohol motifs (C(OH)–C–C–N with tert-alkyl or cyclic N) is 1. The second-order valence-corrected chi connectivity index (χ2v) is 5.82. The smallest absolute Gasteiger partial charge is 0.237 e. The standard InChI is InChI=1S/C16H22N4O2/c1-20-14-6-3-2-5-12(14)19-15(20)7-4-8-17-16(22)13-9-11(21)10-18-13/h2-3,5-6,11,13,18,21H,4,7-10H2,1H3,(H,17,22). The Morgan fingerprint density at radius 2 is 2.32 bits per heavy atom. The van der Waals surface area contributed by atoms with E-state index in [9.17, 15) is 9.90 Å². The van der Waals surface area contributed by atoms with Crippen molar-refractivity contribution >= 4 is 16.9 Å². The van der Waals surface area contributed by atoms with Crippen molar-refractivity contribution in [3.05, 3.63) is 30.1 Å². The predicted octanol–water partition coefficient (Wildman–Crippen LogP) is 0.345. The van der Waals surface area contributed by atoms with E-state index in [4.69, 9.17) is 0 Å². The lowest BCUT2D eigenvalue weighted by Gasteiger charge is -2.10. The van der Waals surface area contributed by atoms with Gasteiger partial charge in [0.05, 0.1) is 23.2 Å². The first-order valence-electron chi connectivity index (χ1n) is 7.74. The third-order valence-corrected chi connectivity index (χ3v) is 4.18. The molecule has 0 saturated carbocycles. The summed E-state index contributed by atoms with van der Waals surface area (Å²) >= 11 is 0. The highest BCUT2D eigenvalue weighted by Gasteiger charge is 2.27. The second-order valence-electron chi connectivity index (χ2n) is 5.82. The SMILES string of the molecule is Cn1c(CCCNC(=O)C2CC(O)CN2)nc2ccccc21. The number of amides is 1. The lowest BCUT2D eigenvalue weighted by atomic mass is 10.2. The Kier molecular flexibility index (Phi) is 4.40. The molecule has 6 heteroatoms. The number of aliphatic hydroxyl groups excluding tert-OH is 1. The van der Waals surface area contributed by atoms with E-state index in [-0.39, 0.29) is 11.9 Å². The molecule has 0 radical (unpaired) electrons. The summed E-state index contributed by atoms with van der Waals surface area (Å²) in [4.78, 5) is 16.5. The topological polar surface area (TPSA) is 79.2 Å². The number of hydrogen-bond donors (Lipinski definition) is 3. The number of aliphatic hydroxyl groups is 1. The fourth-order valence-electron chi connectivity index (χ4n) is 2.92. The average molecular weight is 302 g/mol. The molecule has 1 aliphatic heterocycles. The number of nitrogens with zero attached hydrogens (tertiary/aromatic N) is 2. The molecule has 6 nitrogen and oxygen atoms in total. The lowest BCUT2D eigenvalue weighted by Crippen LogP contribution is -2.40. The van der Waals surface area contributed by atoms with Crippen LogP contribution in [0.2, 0.25) is 0 Å². The predicted molar refractivity (Wildman–Crippen MR) is 84.5 cm³/mol. The molecule has 2 atom stereocenters. The molecule has 0 bridgehead atoms. The number of carbonyl (C=O) groups excluding carboxylic acids is 1. The highest BCUT2D eigenvalue weighted by atomic mass is 16.3. The average Bonchev–Trinajstić information content (AvgIpc) is 3.08. The number of para-hydroxylation sites is 2. The molecule has 1 amide bonds. The maximum Gasteiger partial charge on any atom is 0.237 e. The number of aryl methyl sites for hydroxylation is 2. The Balaban J connectivity index is 1.48. The molecule has 118 valence electrons. The fraction of sp³-hybridized carbons (Fsp3) is 0.500. The van der Waals surface area contributed by atoms with E-state index < -0.39 is 6.10 Å². The van der Waals surface area contributed by atoms with Gasteiger partial charge in [-0.05, 0) is 25.0 Å². The van der Waals surface area contributed by atoms with Gasteiger partial charge in [-0.2, -0.15) is 0 Å². The first-order valence-corrected chi connectivity index (χ1v) is 7.74. The van der Waals surface area contributed by atoms with E-state index in [0.29, 0.717) is 19.5 Å². The van der Waals surface area contributed by atoms with Gasteiger partial charge in [-0.3, -0.25) is 4.79 Å². The van der Waals surface area contributed by atoms with Gasteiger partial charge in [0.15, 0.2) is 0 Å². The van der Waals surface area contributed by atoms with Crippen LogP contribution in [-0.2, 0) is 18.3 Å². The van der Waals surface area contributed by atoms with E-state index >= 15 is 0 Å². The van der Waals surface area contributed by atoms with E-state index in [1.165, 1.54) is 0 Å². The van der Waals surface area contributed by atoms with Crippen molar-refractivity contribution in [2.45, 2.75) is 31.4 Å². The van der Waals surface area contributed by atoms with E-state index in [1.807, 2.05) is 25.2 Å². The molecule has 3 rings (SSSR count). The lowest BCUT2D eigenvalue weighted by molar-refractivity contribution is -0.122. The number of rotatable bonds is 5. The normalized spacial score (nSPS) is 21.4. The van der Waals surface area contributed by atoms with Gasteiger partial charge in [-0.1, -0.05) is 12.1 Å². The number of fused-ring (bicyclic) bond motifs is 1. The minimum Gasteiger partial charge on any atom is -0.392 e. The van der Waals surface area contributed by atoms with E-state index in [1.54, 1.807) is 0 Å². The minimum absolute atomic E-state index is 0.0263. The molecule has 0 aliphatic carbocycles. The van der Waals surface area contributed by atoms with Crippen LogP contribution in [0, 0.1) is 0 Å². The number of carbonyl (C=O) groups is 1. The molecule has 1 aromatic heterocycles. The molecule has 0 spiro atoms. The maximum absolute atomic E-state index is 11.9. The van der Waals surface area contributed by atoms with Crippen LogP contribution < -0.4 is 10.6 Å². The highest BCUT2D eigenvalue weighted by molar-refractivity contribution is 5.82. The van der Waals surface area contributed by atoms with Gasteiger partial charge < -0.3 is 20.3 Å². The Morgan fingerprint density at radius 1 is 1.50 bits per heavy atom. The first kappa shape index (κ1) is 15.0. The summed E-state index contributed by atoms with van der Waals surface area (Å²) in [6.07, 6.45) is 1.76. The zero-order valence-electron chi connectivity index (χ0n) is 12.7. The van der Waals surface area contributed by atoms with E-state index in [2.05, 4.69) is 26.3 Å². The van der Waals surface area contributed by atoms with Crippen molar-refractivity contribution in [1.82, 2.24) is 20.2 Å². The van der Waals surface area contributed by atoms with Crippen LogP contribution in [0.4, 0.5) is 0 Å². The summed E-state index contributed by atoms with van der Waals surface area (Å²) in [5, 5.41) is 15.3. The van der Waals surface area contributed by atoms with Crippen LogP contribution in [0.3, 0.4) is 0 Å². The Morgan fingerprint density at radius 3 is 3.05 bits per heavy atom. The molecule has 2 aromatic rings. The van der Waals surface area contributed by atoms with Crippen LogP contribution >= 0.6 is 0 Å². The molecular weight excluding hydrogens is 280 g/mol. The molecule has 2 unspecified atom stereocenters. The van der Waals surface area contributed by atoms with Crippen LogP contribution in [0.1, 0.15) is 18.7 Å². The van der Waals surface area contributed by atoms with Crippen molar-refractivity contribution in [2.75, 3.05) is 13.1 Å². The van der Waals surface area contributed by atoms with Crippen molar-refractivity contribution in [3.63, 3.8) is 0 Å². The molecule has 22 heavy (non-hydrogen) atoms. The summed E-state index contributed by atoms with van der Waals surface area (Å²) in [6.45, 7) is 1.12. The van der Waals surface area contributed by atoms with E-state index in [0.717, 1.165) is 29.7 Å². The zero-order chi connectivity index (χ0) is 15.5. The van der Waals surface area contributed by atoms with Gasteiger partial charge in [-0.15, -0.1) is 0 Å². The molecule has 1 aromatic carbocycles. The Bertz CT molecular complexity index is 667. The maximum atomic E-state index is 11.9. The van der Waals surface area contributed by atoms with Gasteiger partial charge in [0, 0.05) is 26.6 Å². The van der Waals surface area contributed by atoms with Gasteiger partial charge in [0.1, 0.15) is 5.82 Å². The van der Waals surface area contributed by atoms with Gasteiger partial charge in [0.2, 0.25) is 5.91 Å². The fourth-order valence-corrected chi connectivity index (χ4v) is 2.92. The minimum atomic E-state index is -0.407. The van der Waals surface area contributed by atoms with Crippen LogP contribution in [0.15, 0.2) is 24.3 Å². The number of nitrogens with one attached hydrogen (secondary N) is 2. The van der Waals surface area contributed by atoms with Crippen LogP contribution in [0.5, 0.6) is 0 Å². The molecule has 1 saturated heterocycles. The number of aromatic nitrogens is 2. The van der Waals surface area contributed by atoms with Crippen LogP contribution in [0.25, 0.3) is 11.0 Å². The zero-order valence-corrected chi connectivity index (χ0v) is 12.7. The van der Waals surface area contributed by atoms with Crippen LogP contribution in [-0.4, -0.2) is 45.8 Å². The Hall–Kier alpha value is -1.92. The molecule has 3 N–H and O–H groups in total. The number of hydrogen-bond acceptors (Lipinski definition) is 4. The van der Waals surface area contributed by atoms with Crippen molar-refractivity contribution < 1.29 is 9.90 Å². The summed E-state index contributed by atoms with van der Waals surface area (Å²) < 4.78 is 2.10. The quantitative estimate of drug-likeness (QED) is 0.696. The van der Waals surface area contributed by atoms with Gasteiger partial charge in [0.25, 0.3) is 0 Å². The third-order valence-electron chi connectivity index (χ3n) is 4.18. The number of benzene rings is 1. The van der Waals surface area contributed by atoms with Gasteiger partial charge in [-0.25, -0.2) is 4.98 Å². The second kappa shape index (κ2) is 6.46. The van der Waals surface area contributed by atoms with Crippen molar-refractivity contribution in [3.8, 4) is 0 Å². The Labute approximate surface area is 129 Å². The summed E-state index contributed by atoms with van der Waals surface area (Å²) in [5.74, 6) is 1.01. The summed E-state index contributed by atoms with van der Waals surface area (Å²) in [5.41, 5.74) is 2.14. The first-order chi connectivity index (χ1) is 10.6. The summed E-state index contributed by atoms with van der Waals surface area (Å²) in [6, 6.07) is 7.81. The highest BCUT2D eigenvalue weighted by Crippen LogP contribution is 2.15. The largest absolute Gasteiger partial charge is 0.392 e. The monoisotopic (exact) mass is 302 g/mol. The molecule has 2 heterocycles. The molecule has 1 aliphatic rings. The summed E-state index contributed by atoms with van der Waals surface area (Å²) in [7, 11) is 2.02. The third kappa shape index (κ3) is 3.13. The van der Waals surface area contributed by atoms with Crippen molar-refractivity contribution in [2.24, 2.45) is 7.05 Å². The van der Waals surface area contributed by atoms with Crippen molar-refractivity contribution in [1.29, 1.82) is 0 Å². The van der Waals surface area contributed by atoms with Gasteiger partial charge >= 0.3 is 0 Å².